The number of hydrogen-bond acceptors (Lipinski definition) is 3. The van der Waals surface area contributed by atoms with E-state index in [2.05, 4.69) is 24.2 Å². The number of aryl methyl sites for hydroxylation is 1. The molecule has 0 unspecified atom stereocenters. The Morgan fingerprint density at radius 2 is 2.17 bits per heavy atom. The van der Waals surface area contributed by atoms with Gasteiger partial charge < -0.3 is 0 Å². The molecule has 0 aliphatic heterocycles. The Hall–Kier alpha value is -2.12. The molecule has 0 aliphatic rings. The van der Waals surface area contributed by atoms with Gasteiger partial charge in [0.05, 0.1) is 16.1 Å². The number of fused-ring (bicyclic) bond motifs is 1. The average Bonchev–Trinajstić information content (AvgIpc) is 3.01. The number of benzene rings is 1. The van der Waals surface area contributed by atoms with Crippen LogP contribution in [0.1, 0.15) is 12.5 Å². The Morgan fingerprint density at radius 1 is 1.33 bits per heavy atom. The van der Waals surface area contributed by atoms with Crippen molar-refractivity contribution >= 4 is 21.4 Å². The van der Waals surface area contributed by atoms with Crippen LogP contribution in [0.25, 0.3) is 20.7 Å². The third kappa shape index (κ3) is 1.52. The molecule has 3 nitrogen and oxygen atoms in total. The lowest BCUT2D eigenvalue weighted by Crippen LogP contribution is -1.98. The highest BCUT2D eigenvalue weighted by atomic mass is 32.1. The van der Waals surface area contributed by atoms with Crippen molar-refractivity contribution in [1.29, 1.82) is 5.26 Å². The lowest BCUT2D eigenvalue weighted by molar-refractivity contribution is 0.668. The third-order valence-electron chi connectivity index (χ3n) is 2.96. The van der Waals surface area contributed by atoms with E-state index >= 15 is 0 Å². The summed E-state index contributed by atoms with van der Waals surface area (Å²) in [6.45, 7) is 2.86. The molecule has 2 aromatic heterocycles. The predicted octanol–water partition coefficient (Wildman–Crippen LogP) is 3.66. The van der Waals surface area contributed by atoms with E-state index in [1.807, 2.05) is 28.9 Å². The van der Waals surface area contributed by atoms with Crippen molar-refractivity contribution in [2.75, 3.05) is 0 Å². The molecule has 0 amide bonds. The van der Waals surface area contributed by atoms with E-state index in [-0.39, 0.29) is 0 Å². The fourth-order valence-electron chi connectivity index (χ4n) is 2.11. The molecule has 0 bridgehead atoms. The summed E-state index contributed by atoms with van der Waals surface area (Å²) >= 11 is 1.65. The van der Waals surface area contributed by atoms with Crippen LogP contribution in [0.2, 0.25) is 0 Å². The Morgan fingerprint density at radius 3 is 2.94 bits per heavy atom. The largest absolute Gasteiger partial charge is 0.264 e. The van der Waals surface area contributed by atoms with Gasteiger partial charge in [0.1, 0.15) is 6.07 Å². The molecule has 0 atom stereocenters. The quantitative estimate of drug-likeness (QED) is 0.699. The van der Waals surface area contributed by atoms with Crippen molar-refractivity contribution in [1.82, 2.24) is 9.78 Å². The minimum atomic E-state index is 0.755. The lowest BCUT2D eigenvalue weighted by atomic mass is 10.1. The molecule has 0 aliphatic carbocycles. The van der Waals surface area contributed by atoms with E-state index in [4.69, 9.17) is 0 Å². The molecule has 1 aromatic carbocycles. The second kappa shape index (κ2) is 4.28. The van der Waals surface area contributed by atoms with Gasteiger partial charge in [-0.2, -0.15) is 10.4 Å². The summed E-state index contributed by atoms with van der Waals surface area (Å²) in [6, 6.07) is 12.3. The molecule has 0 saturated carbocycles. The van der Waals surface area contributed by atoms with Crippen LogP contribution in [-0.4, -0.2) is 9.78 Å². The maximum Gasteiger partial charge on any atom is 0.101 e. The molecule has 0 N–H and O–H groups in total. The van der Waals surface area contributed by atoms with Crippen LogP contribution < -0.4 is 0 Å². The van der Waals surface area contributed by atoms with Gasteiger partial charge in [-0.05, 0) is 19.1 Å². The van der Waals surface area contributed by atoms with Crippen molar-refractivity contribution in [2.45, 2.75) is 13.5 Å². The van der Waals surface area contributed by atoms with Crippen LogP contribution in [0.5, 0.6) is 0 Å². The van der Waals surface area contributed by atoms with Gasteiger partial charge in [-0.25, -0.2) is 0 Å². The van der Waals surface area contributed by atoms with E-state index in [0.717, 1.165) is 32.8 Å². The van der Waals surface area contributed by atoms with Crippen molar-refractivity contribution < 1.29 is 0 Å². The van der Waals surface area contributed by atoms with E-state index in [1.54, 1.807) is 17.5 Å². The first-order chi connectivity index (χ1) is 8.85. The number of thiophene rings is 1. The molecule has 3 aromatic rings. The Balaban J connectivity index is 2.33. The third-order valence-corrected chi connectivity index (χ3v) is 4.15. The fraction of sp³-hybridized carbons (Fsp3) is 0.143. The van der Waals surface area contributed by atoms with Gasteiger partial charge in [-0.1, -0.05) is 18.2 Å². The smallest absolute Gasteiger partial charge is 0.101 e. The minimum Gasteiger partial charge on any atom is -0.264 e. The zero-order chi connectivity index (χ0) is 12.5. The first-order valence-electron chi connectivity index (χ1n) is 5.79. The second-order valence-electron chi connectivity index (χ2n) is 3.95. The molecule has 4 heteroatoms. The molecule has 0 saturated heterocycles. The van der Waals surface area contributed by atoms with Crippen molar-refractivity contribution in [3.63, 3.8) is 0 Å². The molecule has 0 fully saturated rings. The lowest BCUT2D eigenvalue weighted by Gasteiger charge is -2.02. The number of rotatable bonds is 2. The highest BCUT2D eigenvalue weighted by molar-refractivity contribution is 7.22. The van der Waals surface area contributed by atoms with Crippen molar-refractivity contribution in [2.24, 2.45) is 0 Å². The molecule has 0 spiro atoms. The number of nitrogens with zero attached hydrogens (tertiary/aromatic N) is 3. The maximum absolute atomic E-state index is 9.39. The van der Waals surface area contributed by atoms with Crippen LogP contribution in [-0.2, 0) is 6.54 Å². The Labute approximate surface area is 109 Å². The zero-order valence-electron chi connectivity index (χ0n) is 9.92. The highest BCUT2D eigenvalue weighted by Gasteiger charge is 2.15. The SMILES string of the molecule is CCn1nccc1-c1sc2ccccc2c1C#N. The normalized spacial score (nSPS) is 10.7. The maximum atomic E-state index is 9.39. The molecule has 88 valence electrons. The van der Waals surface area contributed by atoms with Crippen LogP contribution in [0, 0.1) is 11.3 Å². The summed E-state index contributed by atoms with van der Waals surface area (Å²) < 4.78 is 3.07. The van der Waals surface area contributed by atoms with Gasteiger partial charge in [-0.15, -0.1) is 11.3 Å². The molecule has 0 radical (unpaired) electrons. The van der Waals surface area contributed by atoms with Crippen LogP contribution >= 0.6 is 11.3 Å². The summed E-state index contributed by atoms with van der Waals surface area (Å²) in [6.07, 6.45) is 1.78. The Kier molecular flexibility index (Phi) is 2.62. The van der Waals surface area contributed by atoms with Gasteiger partial charge in [0, 0.05) is 22.8 Å². The second-order valence-corrected chi connectivity index (χ2v) is 5.00. The first-order valence-corrected chi connectivity index (χ1v) is 6.60. The molecular weight excluding hydrogens is 242 g/mol. The average molecular weight is 253 g/mol. The van der Waals surface area contributed by atoms with Gasteiger partial charge in [0.25, 0.3) is 0 Å². The van der Waals surface area contributed by atoms with Crippen molar-refractivity contribution in [3.8, 4) is 16.6 Å². The van der Waals surface area contributed by atoms with E-state index < -0.39 is 0 Å². The Bertz CT molecular complexity index is 746. The number of hydrogen-bond donors (Lipinski definition) is 0. The summed E-state index contributed by atoms with van der Waals surface area (Å²) in [7, 11) is 0. The molecule has 2 heterocycles. The summed E-state index contributed by atoms with van der Waals surface area (Å²) in [4.78, 5) is 1.01. The molecule has 18 heavy (non-hydrogen) atoms. The predicted molar refractivity (Wildman–Crippen MR) is 73.4 cm³/mol. The van der Waals surface area contributed by atoms with Crippen LogP contribution in [0.4, 0.5) is 0 Å². The molecular formula is C14H11N3S. The number of aromatic nitrogens is 2. The molecule has 3 rings (SSSR count). The topological polar surface area (TPSA) is 41.6 Å². The zero-order valence-corrected chi connectivity index (χ0v) is 10.7. The van der Waals surface area contributed by atoms with Crippen LogP contribution in [0.15, 0.2) is 36.5 Å². The standard InChI is InChI=1S/C14H11N3S/c1-2-17-12(7-8-16-17)14-11(9-15)10-5-3-4-6-13(10)18-14/h3-8H,2H2,1H3. The summed E-state index contributed by atoms with van der Waals surface area (Å²) in [5, 5.41) is 14.7. The first kappa shape index (κ1) is 11.0. The number of nitriles is 1. The fourth-order valence-corrected chi connectivity index (χ4v) is 3.30. The summed E-state index contributed by atoms with van der Waals surface area (Å²) in [5.74, 6) is 0. The van der Waals surface area contributed by atoms with Gasteiger partial charge in [0.15, 0.2) is 0 Å². The van der Waals surface area contributed by atoms with E-state index in [9.17, 15) is 5.26 Å². The van der Waals surface area contributed by atoms with E-state index in [0.29, 0.717) is 0 Å². The van der Waals surface area contributed by atoms with Gasteiger partial charge in [-0.3, -0.25) is 4.68 Å². The van der Waals surface area contributed by atoms with Gasteiger partial charge >= 0.3 is 0 Å². The minimum absolute atomic E-state index is 0.755. The van der Waals surface area contributed by atoms with Gasteiger partial charge in [0.2, 0.25) is 0 Å². The van der Waals surface area contributed by atoms with Crippen molar-refractivity contribution in [3.05, 3.63) is 42.1 Å². The monoisotopic (exact) mass is 253 g/mol. The highest BCUT2D eigenvalue weighted by Crippen LogP contribution is 2.37. The summed E-state index contributed by atoms with van der Waals surface area (Å²) in [5.41, 5.74) is 1.78. The van der Waals surface area contributed by atoms with E-state index in [1.165, 1.54) is 0 Å². The van der Waals surface area contributed by atoms with Crippen LogP contribution in [0.3, 0.4) is 0 Å².